The van der Waals surface area contributed by atoms with Crippen molar-refractivity contribution < 1.29 is 4.79 Å². The minimum absolute atomic E-state index is 0.00964. The van der Waals surface area contributed by atoms with Gasteiger partial charge in [-0.3, -0.25) is 4.79 Å². The van der Waals surface area contributed by atoms with Gasteiger partial charge in [-0.2, -0.15) is 0 Å². The summed E-state index contributed by atoms with van der Waals surface area (Å²) in [5.41, 5.74) is 3.82. The maximum absolute atomic E-state index is 12.1. The van der Waals surface area contributed by atoms with Gasteiger partial charge >= 0.3 is 0 Å². The van der Waals surface area contributed by atoms with Crippen LogP contribution in [0.25, 0.3) is 16.7 Å². The molecular weight excluding hydrogens is 330 g/mol. The lowest BCUT2D eigenvalue weighted by molar-refractivity contribution is -0.120. The van der Waals surface area contributed by atoms with Gasteiger partial charge in [-0.25, -0.2) is 9.67 Å². The van der Waals surface area contributed by atoms with Crippen molar-refractivity contribution in [1.29, 1.82) is 0 Å². The van der Waals surface area contributed by atoms with Gasteiger partial charge in [0.2, 0.25) is 5.91 Å². The second kappa shape index (κ2) is 7.14. The van der Waals surface area contributed by atoms with E-state index in [0.29, 0.717) is 19.5 Å². The van der Waals surface area contributed by atoms with Crippen LogP contribution in [0, 0.1) is 0 Å². The van der Waals surface area contributed by atoms with Gasteiger partial charge in [-0.1, -0.05) is 24.3 Å². The molecule has 0 aliphatic carbocycles. The normalized spacial score (nSPS) is 10.9. The molecule has 4 rings (SSSR count). The minimum atomic E-state index is -0.00964. The Morgan fingerprint density at radius 2 is 1.88 bits per heavy atom. The van der Waals surface area contributed by atoms with E-state index in [1.165, 1.54) is 6.33 Å². The number of carbonyl (C=O) groups excluding carboxylic acids is 1. The van der Waals surface area contributed by atoms with Gasteiger partial charge in [-0.15, -0.1) is 5.10 Å². The molecule has 0 saturated carbocycles. The number of carbonyl (C=O) groups is 1. The van der Waals surface area contributed by atoms with Crippen LogP contribution in [0.15, 0.2) is 61.2 Å². The summed E-state index contributed by atoms with van der Waals surface area (Å²) < 4.78 is 3.61. The molecule has 1 amide bonds. The summed E-state index contributed by atoms with van der Waals surface area (Å²) in [4.78, 5) is 16.5. The standard InChI is InChI=1S/C18H17N7O/c26-18(11-14-5-7-15(8-6-14)25-13-21-22-23-25)19-9-10-24-12-20-16-3-1-2-4-17(16)24/h1-8,12-13H,9-11H2,(H,19,26). The van der Waals surface area contributed by atoms with Crippen LogP contribution in [0.5, 0.6) is 0 Å². The Balaban J connectivity index is 1.30. The third-order valence-electron chi connectivity index (χ3n) is 4.12. The fourth-order valence-electron chi connectivity index (χ4n) is 2.80. The number of hydrogen-bond acceptors (Lipinski definition) is 5. The maximum Gasteiger partial charge on any atom is 0.224 e. The zero-order chi connectivity index (χ0) is 17.8. The molecule has 0 saturated heterocycles. The molecule has 8 nitrogen and oxygen atoms in total. The molecule has 0 aliphatic heterocycles. The molecule has 8 heteroatoms. The van der Waals surface area contributed by atoms with Crippen molar-refractivity contribution in [3.05, 3.63) is 66.7 Å². The van der Waals surface area contributed by atoms with E-state index in [1.54, 1.807) is 11.0 Å². The van der Waals surface area contributed by atoms with Gasteiger partial charge in [0.15, 0.2) is 0 Å². The summed E-state index contributed by atoms with van der Waals surface area (Å²) >= 11 is 0. The van der Waals surface area contributed by atoms with Crippen LogP contribution in [0.1, 0.15) is 5.56 Å². The SMILES string of the molecule is O=C(Cc1ccc(-n2cnnn2)cc1)NCCn1cnc2ccccc21. The van der Waals surface area contributed by atoms with Crippen LogP contribution < -0.4 is 5.32 Å². The number of rotatable bonds is 6. The van der Waals surface area contributed by atoms with Gasteiger partial charge < -0.3 is 9.88 Å². The van der Waals surface area contributed by atoms with Crippen LogP contribution >= 0.6 is 0 Å². The van der Waals surface area contributed by atoms with E-state index in [9.17, 15) is 4.79 Å². The fourth-order valence-corrected chi connectivity index (χ4v) is 2.80. The summed E-state index contributed by atoms with van der Waals surface area (Å²) in [7, 11) is 0. The second-order valence-corrected chi connectivity index (χ2v) is 5.87. The Labute approximate surface area is 149 Å². The quantitative estimate of drug-likeness (QED) is 0.569. The number of amides is 1. The maximum atomic E-state index is 12.1. The first-order valence-corrected chi connectivity index (χ1v) is 8.28. The number of hydrogen-bond donors (Lipinski definition) is 1. The zero-order valence-corrected chi connectivity index (χ0v) is 14.0. The van der Waals surface area contributed by atoms with E-state index in [2.05, 4.69) is 25.8 Å². The van der Waals surface area contributed by atoms with Crippen molar-refractivity contribution in [3.8, 4) is 5.69 Å². The highest BCUT2D eigenvalue weighted by atomic mass is 16.1. The summed E-state index contributed by atoms with van der Waals surface area (Å²) in [5.74, 6) is -0.00964. The second-order valence-electron chi connectivity index (χ2n) is 5.87. The number of nitrogens with zero attached hydrogens (tertiary/aromatic N) is 6. The lowest BCUT2D eigenvalue weighted by Crippen LogP contribution is -2.28. The van der Waals surface area contributed by atoms with Crippen molar-refractivity contribution in [1.82, 2.24) is 35.1 Å². The van der Waals surface area contributed by atoms with Gasteiger partial charge in [-0.05, 0) is 40.3 Å². The summed E-state index contributed by atoms with van der Waals surface area (Å²) in [6, 6.07) is 15.5. The number of benzene rings is 2. The largest absolute Gasteiger partial charge is 0.354 e. The van der Waals surface area contributed by atoms with Gasteiger partial charge in [0.1, 0.15) is 6.33 Å². The van der Waals surface area contributed by atoms with E-state index in [0.717, 1.165) is 22.3 Å². The third-order valence-corrected chi connectivity index (χ3v) is 4.12. The highest BCUT2D eigenvalue weighted by molar-refractivity contribution is 5.78. The number of imidazole rings is 1. The van der Waals surface area contributed by atoms with Crippen LogP contribution in [0.2, 0.25) is 0 Å². The Morgan fingerprint density at radius 3 is 2.69 bits per heavy atom. The average Bonchev–Trinajstić information content (AvgIpc) is 3.33. The Morgan fingerprint density at radius 1 is 1.04 bits per heavy atom. The molecule has 0 radical (unpaired) electrons. The number of fused-ring (bicyclic) bond motifs is 1. The van der Waals surface area contributed by atoms with Crippen molar-refractivity contribution in [3.63, 3.8) is 0 Å². The molecule has 2 heterocycles. The van der Waals surface area contributed by atoms with Gasteiger partial charge in [0.05, 0.1) is 29.5 Å². The van der Waals surface area contributed by atoms with Gasteiger partial charge in [0, 0.05) is 13.1 Å². The molecule has 0 bridgehead atoms. The summed E-state index contributed by atoms with van der Waals surface area (Å²) in [6.07, 6.45) is 3.66. The zero-order valence-electron chi connectivity index (χ0n) is 14.0. The lowest BCUT2D eigenvalue weighted by atomic mass is 10.1. The first kappa shape index (κ1) is 15.9. The fraction of sp³-hybridized carbons (Fsp3) is 0.167. The minimum Gasteiger partial charge on any atom is -0.354 e. The molecule has 0 unspecified atom stereocenters. The molecule has 0 spiro atoms. The lowest BCUT2D eigenvalue weighted by Gasteiger charge is -2.07. The third kappa shape index (κ3) is 3.44. The number of nitrogens with one attached hydrogen (secondary N) is 1. The molecule has 0 aliphatic rings. The smallest absolute Gasteiger partial charge is 0.224 e. The van der Waals surface area contributed by atoms with E-state index in [4.69, 9.17) is 0 Å². The highest BCUT2D eigenvalue weighted by Gasteiger charge is 2.05. The average molecular weight is 347 g/mol. The topological polar surface area (TPSA) is 90.5 Å². The van der Waals surface area contributed by atoms with Crippen molar-refractivity contribution in [2.75, 3.05) is 6.54 Å². The first-order chi connectivity index (χ1) is 12.8. The molecule has 130 valence electrons. The molecular formula is C18H17N7O. The van der Waals surface area contributed by atoms with Crippen molar-refractivity contribution in [2.45, 2.75) is 13.0 Å². The molecule has 2 aromatic carbocycles. The molecule has 26 heavy (non-hydrogen) atoms. The van der Waals surface area contributed by atoms with Crippen LogP contribution in [0.3, 0.4) is 0 Å². The van der Waals surface area contributed by atoms with Crippen LogP contribution in [0.4, 0.5) is 0 Å². The molecule has 0 fully saturated rings. The first-order valence-electron chi connectivity index (χ1n) is 8.28. The molecule has 0 atom stereocenters. The van der Waals surface area contributed by atoms with E-state index in [1.807, 2.05) is 53.1 Å². The van der Waals surface area contributed by atoms with E-state index in [-0.39, 0.29) is 5.91 Å². The van der Waals surface area contributed by atoms with Crippen LogP contribution in [-0.4, -0.2) is 42.2 Å². The number of para-hydroxylation sites is 2. The summed E-state index contributed by atoms with van der Waals surface area (Å²) in [6.45, 7) is 1.24. The number of tetrazole rings is 1. The van der Waals surface area contributed by atoms with Crippen molar-refractivity contribution >= 4 is 16.9 Å². The van der Waals surface area contributed by atoms with E-state index < -0.39 is 0 Å². The summed E-state index contributed by atoms with van der Waals surface area (Å²) in [5, 5.41) is 14.0. The molecule has 2 aromatic heterocycles. The predicted octanol–water partition coefficient (Wildman–Crippen LogP) is 1.37. The molecule has 1 N–H and O–H groups in total. The van der Waals surface area contributed by atoms with Crippen molar-refractivity contribution in [2.24, 2.45) is 0 Å². The van der Waals surface area contributed by atoms with E-state index >= 15 is 0 Å². The monoisotopic (exact) mass is 347 g/mol. The highest BCUT2D eigenvalue weighted by Crippen LogP contribution is 2.11. The van der Waals surface area contributed by atoms with Crippen LogP contribution in [-0.2, 0) is 17.8 Å². The Bertz CT molecular complexity index is 1010. The number of aromatic nitrogens is 6. The Kier molecular flexibility index (Phi) is 4.38. The Hall–Kier alpha value is -3.55. The predicted molar refractivity (Wildman–Crippen MR) is 95.6 cm³/mol. The molecule has 4 aromatic rings. The van der Waals surface area contributed by atoms with Gasteiger partial charge in [0.25, 0.3) is 0 Å².